The number of hydrogen-bond acceptors (Lipinski definition) is 2. The van der Waals surface area contributed by atoms with Gasteiger partial charge in [-0.15, -0.1) is 0 Å². The lowest BCUT2D eigenvalue weighted by molar-refractivity contribution is 0.157. The van der Waals surface area contributed by atoms with Gasteiger partial charge in [-0.05, 0) is 74.8 Å². The molecule has 18 heavy (non-hydrogen) atoms. The van der Waals surface area contributed by atoms with Crippen molar-refractivity contribution in [3.63, 3.8) is 0 Å². The molecule has 1 heterocycles. The third-order valence-corrected chi connectivity index (χ3v) is 5.46. The van der Waals surface area contributed by atoms with Crippen molar-refractivity contribution in [1.29, 1.82) is 0 Å². The summed E-state index contributed by atoms with van der Waals surface area (Å²) in [6.45, 7) is 8.61. The van der Waals surface area contributed by atoms with Crippen molar-refractivity contribution in [2.75, 3.05) is 19.6 Å². The second kappa shape index (κ2) is 5.13. The van der Waals surface area contributed by atoms with Gasteiger partial charge >= 0.3 is 0 Å². The van der Waals surface area contributed by atoms with Gasteiger partial charge in [0.1, 0.15) is 0 Å². The van der Waals surface area contributed by atoms with Gasteiger partial charge in [0.2, 0.25) is 0 Å². The molecule has 3 rings (SSSR count). The number of hydrogen-bond donors (Lipinski definition) is 2. The van der Waals surface area contributed by atoms with Gasteiger partial charge in [0.05, 0.1) is 0 Å². The van der Waals surface area contributed by atoms with Gasteiger partial charge < -0.3 is 10.6 Å². The molecule has 0 spiro atoms. The van der Waals surface area contributed by atoms with E-state index in [0.29, 0.717) is 5.41 Å². The Labute approximate surface area is 112 Å². The molecule has 2 N–H and O–H groups in total. The number of rotatable bonds is 6. The highest BCUT2D eigenvalue weighted by Crippen LogP contribution is 2.45. The lowest BCUT2D eigenvalue weighted by Gasteiger charge is -2.38. The fourth-order valence-electron chi connectivity index (χ4n) is 3.67. The molecule has 0 bridgehead atoms. The quantitative estimate of drug-likeness (QED) is 0.757. The molecule has 0 aromatic heterocycles. The molecule has 1 atom stereocenters. The second-order valence-electron chi connectivity index (χ2n) is 7.61. The topological polar surface area (TPSA) is 24.1 Å². The summed E-state index contributed by atoms with van der Waals surface area (Å²) in [6, 6.07) is 0.862. The average molecular weight is 250 g/mol. The van der Waals surface area contributed by atoms with E-state index in [4.69, 9.17) is 0 Å². The fraction of sp³-hybridized carbons (Fsp3) is 1.00. The van der Waals surface area contributed by atoms with Crippen molar-refractivity contribution in [3.05, 3.63) is 0 Å². The molecule has 104 valence electrons. The van der Waals surface area contributed by atoms with E-state index >= 15 is 0 Å². The molecule has 2 aliphatic carbocycles. The minimum Gasteiger partial charge on any atom is -0.316 e. The Bertz CT molecular complexity index is 261. The Balaban J connectivity index is 1.50. The molecular formula is C16H30N2. The van der Waals surface area contributed by atoms with Gasteiger partial charge in [-0.1, -0.05) is 13.8 Å². The zero-order chi connectivity index (χ0) is 12.6. The van der Waals surface area contributed by atoms with Crippen molar-refractivity contribution in [2.24, 2.45) is 23.2 Å². The first-order valence-electron chi connectivity index (χ1n) is 8.11. The first kappa shape index (κ1) is 12.9. The molecule has 0 aromatic rings. The van der Waals surface area contributed by atoms with Gasteiger partial charge in [-0.3, -0.25) is 0 Å². The van der Waals surface area contributed by atoms with E-state index in [2.05, 4.69) is 24.5 Å². The maximum Gasteiger partial charge on any atom is 0.0124 e. The highest BCUT2D eigenvalue weighted by Gasteiger charge is 2.42. The van der Waals surface area contributed by atoms with E-state index < -0.39 is 0 Å². The summed E-state index contributed by atoms with van der Waals surface area (Å²) >= 11 is 0. The molecule has 0 amide bonds. The smallest absolute Gasteiger partial charge is 0.0124 e. The Morgan fingerprint density at radius 2 is 1.78 bits per heavy atom. The van der Waals surface area contributed by atoms with Crippen LogP contribution in [0.2, 0.25) is 0 Å². The van der Waals surface area contributed by atoms with Crippen molar-refractivity contribution in [2.45, 2.75) is 58.4 Å². The van der Waals surface area contributed by atoms with E-state index in [1.165, 1.54) is 58.2 Å². The minimum atomic E-state index is 0.454. The van der Waals surface area contributed by atoms with E-state index in [1.54, 1.807) is 0 Å². The van der Waals surface area contributed by atoms with E-state index in [1.807, 2.05) is 0 Å². The molecular weight excluding hydrogens is 220 g/mol. The fourth-order valence-corrected chi connectivity index (χ4v) is 3.67. The van der Waals surface area contributed by atoms with Crippen LogP contribution in [0.25, 0.3) is 0 Å². The normalized spacial score (nSPS) is 29.8. The molecule has 1 aliphatic heterocycles. The van der Waals surface area contributed by atoms with Crippen LogP contribution >= 0.6 is 0 Å². The Hall–Kier alpha value is -0.0800. The Kier molecular flexibility index (Phi) is 3.68. The Morgan fingerprint density at radius 3 is 2.28 bits per heavy atom. The standard InChI is InChI=1S/C16H30N2/c1-16(2,14-4-3-9-17-10-14)11-18-15(12-5-6-12)13-7-8-13/h12-15,17-18H,3-11H2,1-2H3. The number of nitrogens with one attached hydrogen (secondary N) is 2. The summed E-state index contributed by atoms with van der Waals surface area (Å²) in [5, 5.41) is 7.52. The average Bonchev–Trinajstić information content (AvgIpc) is 3.24. The zero-order valence-corrected chi connectivity index (χ0v) is 12.2. The third-order valence-electron chi connectivity index (χ3n) is 5.46. The first-order chi connectivity index (χ1) is 8.67. The van der Waals surface area contributed by atoms with Gasteiger partial charge in [0, 0.05) is 12.6 Å². The number of piperidine rings is 1. The van der Waals surface area contributed by atoms with E-state index in [9.17, 15) is 0 Å². The van der Waals surface area contributed by atoms with Crippen LogP contribution < -0.4 is 10.6 Å². The minimum absolute atomic E-state index is 0.454. The van der Waals surface area contributed by atoms with Gasteiger partial charge in [0.15, 0.2) is 0 Å². The van der Waals surface area contributed by atoms with Crippen molar-refractivity contribution >= 4 is 0 Å². The van der Waals surface area contributed by atoms with Crippen LogP contribution in [0.3, 0.4) is 0 Å². The Morgan fingerprint density at radius 1 is 1.11 bits per heavy atom. The lowest BCUT2D eigenvalue weighted by Crippen LogP contribution is -2.46. The first-order valence-corrected chi connectivity index (χ1v) is 8.11. The van der Waals surface area contributed by atoms with Crippen LogP contribution in [0, 0.1) is 23.2 Å². The summed E-state index contributed by atoms with van der Waals surface area (Å²) in [7, 11) is 0. The van der Waals surface area contributed by atoms with E-state index in [0.717, 1.165) is 23.8 Å². The highest BCUT2D eigenvalue weighted by atomic mass is 15.0. The summed E-state index contributed by atoms with van der Waals surface area (Å²) in [6.07, 6.45) is 8.72. The van der Waals surface area contributed by atoms with Crippen molar-refractivity contribution in [3.8, 4) is 0 Å². The largest absolute Gasteiger partial charge is 0.316 e. The van der Waals surface area contributed by atoms with Crippen LogP contribution in [0.15, 0.2) is 0 Å². The van der Waals surface area contributed by atoms with Crippen LogP contribution in [0.5, 0.6) is 0 Å². The predicted octanol–water partition coefficient (Wildman–Crippen LogP) is 2.79. The van der Waals surface area contributed by atoms with Gasteiger partial charge in [-0.25, -0.2) is 0 Å². The van der Waals surface area contributed by atoms with Crippen molar-refractivity contribution < 1.29 is 0 Å². The molecule has 0 radical (unpaired) electrons. The monoisotopic (exact) mass is 250 g/mol. The van der Waals surface area contributed by atoms with Gasteiger partial charge in [0.25, 0.3) is 0 Å². The highest BCUT2D eigenvalue weighted by molar-refractivity contribution is 4.97. The molecule has 3 aliphatic rings. The third kappa shape index (κ3) is 3.08. The molecule has 0 aromatic carbocycles. The zero-order valence-electron chi connectivity index (χ0n) is 12.2. The molecule has 2 nitrogen and oxygen atoms in total. The summed E-state index contributed by atoms with van der Waals surface area (Å²) in [5.41, 5.74) is 0.454. The van der Waals surface area contributed by atoms with E-state index in [-0.39, 0.29) is 0 Å². The summed E-state index contributed by atoms with van der Waals surface area (Å²) in [4.78, 5) is 0. The summed E-state index contributed by atoms with van der Waals surface area (Å²) in [5.74, 6) is 2.91. The van der Waals surface area contributed by atoms with Crippen LogP contribution in [-0.2, 0) is 0 Å². The molecule has 2 saturated carbocycles. The van der Waals surface area contributed by atoms with Crippen LogP contribution in [0.4, 0.5) is 0 Å². The summed E-state index contributed by atoms with van der Waals surface area (Å²) < 4.78 is 0. The lowest BCUT2D eigenvalue weighted by atomic mass is 9.74. The molecule has 1 saturated heterocycles. The van der Waals surface area contributed by atoms with Crippen molar-refractivity contribution in [1.82, 2.24) is 10.6 Å². The SMILES string of the molecule is CC(C)(CNC(C1CC1)C1CC1)C1CCCNC1. The maximum absolute atomic E-state index is 3.95. The molecule has 1 unspecified atom stereocenters. The second-order valence-corrected chi connectivity index (χ2v) is 7.61. The maximum atomic E-state index is 3.95. The molecule has 3 fully saturated rings. The van der Waals surface area contributed by atoms with Crippen LogP contribution in [-0.4, -0.2) is 25.7 Å². The predicted molar refractivity (Wildman–Crippen MR) is 76.6 cm³/mol. The molecule has 2 heteroatoms. The van der Waals surface area contributed by atoms with Crippen LogP contribution in [0.1, 0.15) is 52.4 Å². The van der Waals surface area contributed by atoms with Gasteiger partial charge in [-0.2, -0.15) is 0 Å².